The maximum Gasteiger partial charge on any atom is 0.510 e. The highest BCUT2D eigenvalue weighted by atomic mass is 32.2. The first-order valence-corrected chi connectivity index (χ1v) is 12.6. The van der Waals surface area contributed by atoms with E-state index in [-0.39, 0.29) is 28.4 Å². The fourth-order valence-corrected chi connectivity index (χ4v) is 4.66. The number of hydrogen-bond acceptors (Lipinski definition) is 6. The predicted octanol–water partition coefficient (Wildman–Crippen LogP) is 3.86. The first kappa shape index (κ1) is 25.3. The van der Waals surface area contributed by atoms with Crippen LogP contribution in [-0.2, 0) is 30.7 Å². The second-order valence-electron chi connectivity index (χ2n) is 8.21. The minimum Gasteiger partial charge on any atom is -0.469 e. The maximum atomic E-state index is 12.6. The van der Waals surface area contributed by atoms with Gasteiger partial charge in [-0.25, -0.2) is 0 Å². The third-order valence-corrected chi connectivity index (χ3v) is 7.02. The molecule has 0 aliphatic heterocycles. The summed E-state index contributed by atoms with van der Waals surface area (Å²) < 4.78 is 38.9. The zero-order chi connectivity index (χ0) is 24.6. The van der Waals surface area contributed by atoms with Crippen molar-refractivity contribution in [3.63, 3.8) is 0 Å². The van der Waals surface area contributed by atoms with E-state index >= 15 is 0 Å². The van der Waals surface area contributed by atoms with Crippen LogP contribution in [0.15, 0.2) is 47.4 Å². The summed E-state index contributed by atoms with van der Waals surface area (Å²) in [5.41, 5.74) is 8.87. The number of esters is 1. The van der Waals surface area contributed by atoms with Crippen molar-refractivity contribution in [1.82, 2.24) is 0 Å². The Kier molecular flexibility index (Phi) is 8.70. The number of benzene rings is 2. The molecule has 1 aliphatic carbocycles. The van der Waals surface area contributed by atoms with E-state index in [1.54, 1.807) is 13.2 Å². The third kappa shape index (κ3) is 6.84. The highest BCUT2D eigenvalue weighted by Gasteiger charge is 2.30. The summed E-state index contributed by atoms with van der Waals surface area (Å²) in [5.74, 6) is 5.57. The summed E-state index contributed by atoms with van der Waals surface area (Å²) >= 11 is 0. The van der Waals surface area contributed by atoms with Crippen LogP contribution in [-0.4, -0.2) is 35.2 Å². The number of nitrogens with two attached hydrogens (primary N) is 1. The molecule has 0 atom stereocenters. The van der Waals surface area contributed by atoms with Gasteiger partial charge in [-0.15, -0.1) is 8.42 Å². The highest BCUT2D eigenvalue weighted by molar-refractivity contribution is 7.93. The number of nitrogen functional groups attached to an aromatic ring is 1. The predicted molar refractivity (Wildman–Crippen MR) is 131 cm³/mol. The molecule has 0 amide bonds. The van der Waals surface area contributed by atoms with Crippen LogP contribution in [0, 0.1) is 29.7 Å². The SMILES string of the molecule is COCCc1ccc(C#Cc2ccc(S(=O)(=O)[N+]#CC3CCC(C(=O)OC)CC3)cc2N)cc1. The molecule has 0 saturated heterocycles. The van der Waals surface area contributed by atoms with Crippen molar-refractivity contribution in [2.75, 3.05) is 26.6 Å². The normalized spacial score (nSPS) is 17.6. The van der Waals surface area contributed by atoms with Gasteiger partial charge in [0.05, 0.1) is 29.8 Å². The maximum absolute atomic E-state index is 12.6. The first-order chi connectivity index (χ1) is 16.3. The van der Waals surface area contributed by atoms with Crippen molar-refractivity contribution in [2.45, 2.75) is 37.0 Å². The van der Waals surface area contributed by atoms with Crippen LogP contribution in [0.1, 0.15) is 42.4 Å². The van der Waals surface area contributed by atoms with Gasteiger partial charge in [0.25, 0.3) is 0 Å². The molecule has 3 rings (SSSR count). The van der Waals surface area contributed by atoms with Crippen molar-refractivity contribution >= 4 is 21.7 Å². The number of carbonyl (C=O) groups is 1. The van der Waals surface area contributed by atoms with E-state index in [4.69, 9.17) is 15.2 Å². The lowest BCUT2D eigenvalue weighted by molar-refractivity contribution is -0.146. The molecule has 178 valence electrons. The summed E-state index contributed by atoms with van der Waals surface area (Å²) in [4.78, 5) is 11.6. The number of hydrogen-bond donors (Lipinski definition) is 1. The Morgan fingerprint density at radius 2 is 1.76 bits per heavy atom. The second kappa shape index (κ2) is 11.7. The van der Waals surface area contributed by atoms with Gasteiger partial charge < -0.3 is 15.2 Å². The number of nitrogens with zero attached hydrogens (tertiary/aromatic N) is 1. The van der Waals surface area contributed by atoms with Gasteiger partial charge in [0.15, 0.2) is 4.90 Å². The summed E-state index contributed by atoms with van der Waals surface area (Å²) in [5, 5.41) is 0. The van der Waals surface area contributed by atoms with Gasteiger partial charge in [0.1, 0.15) is 0 Å². The zero-order valence-electron chi connectivity index (χ0n) is 19.4. The van der Waals surface area contributed by atoms with Crippen LogP contribution >= 0.6 is 0 Å². The van der Waals surface area contributed by atoms with Crippen molar-refractivity contribution in [3.8, 4) is 17.9 Å². The lowest BCUT2D eigenvalue weighted by Crippen LogP contribution is -2.22. The molecule has 0 spiro atoms. The number of rotatable bonds is 5. The minimum atomic E-state index is -3.93. The van der Waals surface area contributed by atoms with E-state index in [1.165, 1.54) is 19.2 Å². The molecule has 8 heteroatoms. The van der Waals surface area contributed by atoms with Crippen molar-refractivity contribution in [2.24, 2.45) is 11.8 Å². The average molecular weight is 482 g/mol. The zero-order valence-corrected chi connectivity index (χ0v) is 20.2. The monoisotopic (exact) mass is 481 g/mol. The Morgan fingerprint density at radius 3 is 2.38 bits per heavy atom. The largest absolute Gasteiger partial charge is 0.510 e. The van der Waals surface area contributed by atoms with E-state index < -0.39 is 10.0 Å². The Morgan fingerprint density at radius 1 is 1.06 bits per heavy atom. The molecule has 1 aliphatic rings. The smallest absolute Gasteiger partial charge is 0.469 e. The molecule has 2 aromatic rings. The molecule has 0 unspecified atom stereocenters. The molecular formula is C26H29N2O5S+. The van der Waals surface area contributed by atoms with E-state index in [0.717, 1.165) is 17.5 Å². The molecule has 0 bridgehead atoms. The molecule has 0 heterocycles. The highest BCUT2D eigenvalue weighted by Crippen LogP contribution is 2.29. The van der Waals surface area contributed by atoms with Crippen molar-refractivity contribution < 1.29 is 22.7 Å². The second-order valence-corrected chi connectivity index (χ2v) is 9.81. The van der Waals surface area contributed by atoms with Gasteiger partial charge in [-0.2, -0.15) is 0 Å². The molecule has 1 fully saturated rings. The summed E-state index contributed by atoms with van der Waals surface area (Å²) in [7, 11) is -0.884. The Bertz CT molecular complexity index is 1240. The van der Waals surface area contributed by atoms with Crippen LogP contribution in [0.3, 0.4) is 0 Å². The van der Waals surface area contributed by atoms with Crippen LogP contribution in [0.4, 0.5) is 5.69 Å². The lowest BCUT2D eigenvalue weighted by atomic mass is 9.83. The van der Waals surface area contributed by atoms with Crippen LogP contribution in [0.25, 0.3) is 4.25 Å². The topological polar surface area (TPSA) is 100 Å². The minimum absolute atomic E-state index is 0.00575. The molecule has 1 saturated carbocycles. The molecule has 2 aromatic carbocycles. The number of ether oxygens (including phenoxy) is 2. The summed E-state index contributed by atoms with van der Waals surface area (Å²) in [6.45, 7) is 0.662. The quantitative estimate of drug-likeness (QED) is 0.395. The van der Waals surface area contributed by atoms with Gasteiger partial charge in [-0.1, -0.05) is 24.0 Å². The molecule has 34 heavy (non-hydrogen) atoms. The number of sulfonamides is 1. The van der Waals surface area contributed by atoms with Crippen molar-refractivity contribution in [1.29, 1.82) is 0 Å². The fraction of sp³-hybridized carbons (Fsp3) is 0.385. The van der Waals surface area contributed by atoms with Crippen molar-refractivity contribution in [3.05, 3.63) is 63.4 Å². The van der Waals surface area contributed by atoms with Crippen LogP contribution < -0.4 is 5.73 Å². The van der Waals surface area contributed by atoms with Gasteiger partial charge in [-0.3, -0.25) is 4.79 Å². The third-order valence-electron chi connectivity index (χ3n) is 5.83. The average Bonchev–Trinajstić information content (AvgIpc) is 2.86. The van der Waals surface area contributed by atoms with Gasteiger partial charge in [-0.05, 0) is 68.0 Å². The molecule has 2 N–H and O–H groups in total. The Labute approximate surface area is 201 Å². The first-order valence-electron chi connectivity index (χ1n) is 11.1. The summed E-state index contributed by atoms with van der Waals surface area (Å²) in [6, 6.07) is 15.0. The number of carbonyl (C=O) groups excluding carboxylic acids is 1. The number of methoxy groups -OCH3 is 2. The van der Waals surface area contributed by atoms with Crippen LogP contribution in [0.2, 0.25) is 0 Å². The van der Waals surface area contributed by atoms with Gasteiger partial charge >= 0.3 is 22.1 Å². The van der Waals surface area contributed by atoms with E-state index in [2.05, 4.69) is 22.2 Å². The Balaban J connectivity index is 1.66. The van der Waals surface area contributed by atoms with Gasteiger partial charge in [0.2, 0.25) is 0 Å². The van der Waals surface area contributed by atoms with Gasteiger partial charge in [0, 0.05) is 23.9 Å². The van der Waals surface area contributed by atoms with E-state index in [0.29, 0.717) is 37.9 Å². The molecule has 0 radical (unpaired) electrons. The molecule has 7 nitrogen and oxygen atoms in total. The molecule has 0 aromatic heterocycles. The summed E-state index contributed by atoms with van der Waals surface area (Å²) in [6.07, 6.45) is 3.39. The standard InChI is InChI=1S/C26H29N2O5S/c1-32-16-15-20-5-3-19(4-6-20)7-10-22-13-14-24(17-25(22)27)34(30,31)28-18-21-8-11-23(12-9-21)26(29)33-2/h3-6,13-14,17,21,23H,8-9,11-12,15-16,27H2,1-2H3/q+1. The van der Waals surface area contributed by atoms with E-state index in [9.17, 15) is 13.2 Å². The number of anilines is 1. The van der Waals surface area contributed by atoms with E-state index in [1.807, 2.05) is 24.3 Å². The molecular weight excluding hydrogens is 452 g/mol. The fourth-order valence-electron chi connectivity index (χ4n) is 3.75. The lowest BCUT2D eigenvalue weighted by Gasteiger charge is -2.20. The Hall–Kier alpha value is -3.33. The van der Waals surface area contributed by atoms with Crippen LogP contribution in [0.5, 0.6) is 0 Å².